The Hall–Kier alpha value is -1.49. The summed E-state index contributed by atoms with van der Waals surface area (Å²) < 4.78 is 0. The molecule has 2 aliphatic heterocycles. The zero-order chi connectivity index (χ0) is 11.2. The number of carbonyl (C=O) groups is 1. The highest BCUT2D eigenvalue weighted by Gasteiger charge is 2.48. The van der Waals surface area contributed by atoms with Gasteiger partial charge < -0.3 is 10.2 Å². The number of carbonyl (C=O) groups excluding carboxylic acids is 1. The van der Waals surface area contributed by atoms with Gasteiger partial charge in [0.05, 0.1) is 5.41 Å². The maximum Gasteiger partial charge on any atom is 0.236 e. The van der Waals surface area contributed by atoms with Crippen LogP contribution in [0.3, 0.4) is 0 Å². The largest absolute Gasteiger partial charge is 0.310 e. The van der Waals surface area contributed by atoms with Crippen LogP contribution in [0.2, 0.25) is 0 Å². The van der Waals surface area contributed by atoms with Crippen LogP contribution in [0.25, 0.3) is 0 Å². The van der Waals surface area contributed by atoms with Crippen LogP contribution in [-0.2, 0) is 10.2 Å². The van der Waals surface area contributed by atoms with Gasteiger partial charge in [0.25, 0.3) is 0 Å². The molecule has 1 aromatic rings. The number of hydrogen-bond acceptors (Lipinski definition) is 4. The van der Waals surface area contributed by atoms with Gasteiger partial charge >= 0.3 is 0 Å². The van der Waals surface area contributed by atoms with Crippen LogP contribution in [0.1, 0.15) is 18.4 Å². The van der Waals surface area contributed by atoms with Crippen molar-refractivity contribution >= 4 is 11.7 Å². The van der Waals surface area contributed by atoms with E-state index in [1.807, 2.05) is 0 Å². The maximum atomic E-state index is 12.1. The second-order valence-electron chi connectivity index (χ2n) is 4.62. The van der Waals surface area contributed by atoms with Crippen LogP contribution in [0.15, 0.2) is 12.5 Å². The summed E-state index contributed by atoms with van der Waals surface area (Å²) in [5.74, 6) is 0.792. The van der Waals surface area contributed by atoms with Crippen molar-refractivity contribution < 1.29 is 4.79 Å². The third-order valence-electron chi connectivity index (χ3n) is 3.74. The minimum Gasteiger partial charge on any atom is -0.310 e. The summed E-state index contributed by atoms with van der Waals surface area (Å²) in [5.41, 5.74) is 0.608. The van der Waals surface area contributed by atoms with E-state index in [9.17, 15) is 4.79 Å². The summed E-state index contributed by atoms with van der Waals surface area (Å²) in [6.07, 6.45) is 4.98. The number of hydrogen-bond donors (Lipinski definition) is 1. The highest BCUT2D eigenvalue weighted by Crippen LogP contribution is 2.43. The number of aromatic nitrogens is 2. The molecule has 3 heterocycles. The number of fused-ring (bicyclic) bond motifs is 2. The van der Waals surface area contributed by atoms with E-state index < -0.39 is 0 Å². The standard InChI is InChI=1S/C11H14N4O/c1-15-4-2-11(3-5-15)8-6-12-7-13-9(8)14-10(11)16/h6-7H,2-5H2,1H3,(H,12,13,14,16). The Morgan fingerprint density at radius 3 is 2.94 bits per heavy atom. The number of nitrogens with one attached hydrogen (secondary N) is 1. The molecule has 5 heteroatoms. The van der Waals surface area contributed by atoms with E-state index in [0.29, 0.717) is 5.82 Å². The van der Waals surface area contributed by atoms with Crippen LogP contribution >= 0.6 is 0 Å². The highest BCUT2D eigenvalue weighted by molar-refractivity contribution is 6.05. The van der Waals surface area contributed by atoms with Gasteiger partial charge in [-0.05, 0) is 33.0 Å². The first-order valence-corrected chi connectivity index (χ1v) is 5.53. The van der Waals surface area contributed by atoms with Gasteiger partial charge in [-0.1, -0.05) is 0 Å². The maximum absolute atomic E-state index is 12.1. The Kier molecular flexibility index (Phi) is 1.97. The fourth-order valence-corrected chi connectivity index (χ4v) is 2.63. The van der Waals surface area contributed by atoms with Crippen LogP contribution in [-0.4, -0.2) is 40.9 Å². The van der Waals surface area contributed by atoms with E-state index in [1.165, 1.54) is 6.33 Å². The lowest BCUT2D eigenvalue weighted by Crippen LogP contribution is -2.45. The first kappa shape index (κ1) is 9.72. The predicted molar refractivity (Wildman–Crippen MR) is 59.1 cm³/mol. The van der Waals surface area contributed by atoms with Crippen LogP contribution in [0.4, 0.5) is 5.82 Å². The van der Waals surface area contributed by atoms with Gasteiger partial charge in [-0.2, -0.15) is 0 Å². The first-order valence-electron chi connectivity index (χ1n) is 5.53. The summed E-state index contributed by atoms with van der Waals surface area (Å²) in [4.78, 5) is 22.5. The van der Waals surface area contributed by atoms with Crippen molar-refractivity contribution in [2.45, 2.75) is 18.3 Å². The third kappa shape index (κ3) is 1.18. The Morgan fingerprint density at radius 1 is 1.44 bits per heavy atom. The Balaban J connectivity index is 2.04. The SMILES string of the molecule is CN1CCC2(CC1)C(=O)Nc1ncncc12. The van der Waals surface area contributed by atoms with Crippen molar-refractivity contribution in [2.24, 2.45) is 0 Å². The third-order valence-corrected chi connectivity index (χ3v) is 3.74. The summed E-state index contributed by atoms with van der Waals surface area (Å²) in [7, 11) is 2.09. The molecule has 3 rings (SSSR count). The molecule has 0 aromatic carbocycles. The Labute approximate surface area is 93.9 Å². The number of rotatable bonds is 0. The fourth-order valence-electron chi connectivity index (χ4n) is 2.63. The normalized spacial score (nSPS) is 23.2. The summed E-state index contributed by atoms with van der Waals surface area (Å²) in [6.45, 7) is 1.89. The molecule has 1 fully saturated rings. The van der Waals surface area contributed by atoms with Crippen molar-refractivity contribution in [1.29, 1.82) is 0 Å². The van der Waals surface area contributed by atoms with Gasteiger partial charge in [0.1, 0.15) is 12.1 Å². The van der Waals surface area contributed by atoms with Gasteiger partial charge in [0.2, 0.25) is 5.91 Å². The molecule has 2 aliphatic rings. The molecule has 16 heavy (non-hydrogen) atoms. The molecule has 1 N–H and O–H groups in total. The van der Waals surface area contributed by atoms with E-state index >= 15 is 0 Å². The van der Waals surface area contributed by atoms with Crippen molar-refractivity contribution in [2.75, 3.05) is 25.5 Å². The number of amides is 1. The second kappa shape index (κ2) is 3.25. The molecule has 0 unspecified atom stereocenters. The predicted octanol–water partition coefficient (Wildman–Crippen LogP) is 0.392. The van der Waals surface area contributed by atoms with Crippen LogP contribution in [0, 0.1) is 0 Å². The topological polar surface area (TPSA) is 58.1 Å². The Morgan fingerprint density at radius 2 is 2.19 bits per heavy atom. The second-order valence-corrected chi connectivity index (χ2v) is 4.62. The highest BCUT2D eigenvalue weighted by atomic mass is 16.2. The van der Waals surface area contributed by atoms with E-state index in [-0.39, 0.29) is 11.3 Å². The van der Waals surface area contributed by atoms with Crippen molar-refractivity contribution in [1.82, 2.24) is 14.9 Å². The van der Waals surface area contributed by atoms with Crippen LogP contribution < -0.4 is 5.32 Å². The molecule has 0 aliphatic carbocycles. The number of anilines is 1. The van der Waals surface area contributed by atoms with E-state index in [2.05, 4.69) is 27.2 Å². The summed E-state index contributed by atoms with van der Waals surface area (Å²) >= 11 is 0. The Bertz CT molecular complexity index is 437. The molecular weight excluding hydrogens is 204 g/mol. The lowest BCUT2D eigenvalue weighted by molar-refractivity contribution is -0.122. The molecular formula is C11H14N4O. The van der Waals surface area contributed by atoms with Gasteiger partial charge in [-0.25, -0.2) is 9.97 Å². The zero-order valence-electron chi connectivity index (χ0n) is 9.23. The monoisotopic (exact) mass is 218 g/mol. The van der Waals surface area contributed by atoms with Crippen molar-refractivity contribution in [3.8, 4) is 0 Å². The molecule has 1 spiro atoms. The molecule has 1 aromatic heterocycles. The van der Waals surface area contributed by atoms with E-state index in [0.717, 1.165) is 31.5 Å². The molecule has 5 nitrogen and oxygen atoms in total. The average molecular weight is 218 g/mol. The van der Waals surface area contributed by atoms with Crippen LogP contribution in [0.5, 0.6) is 0 Å². The van der Waals surface area contributed by atoms with Crippen molar-refractivity contribution in [3.63, 3.8) is 0 Å². The summed E-state index contributed by atoms with van der Waals surface area (Å²) in [6, 6.07) is 0. The fraction of sp³-hybridized carbons (Fsp3) is 0.545. The first-order chi connectivity index (χ1) is 7.72. The van der Waals surface area contributed by atoms with E-state index in [4.69, 9.17) is 0 Å². The molecule has 1 saturated heterocycles. The molecule has 1 amide bonds. The number of likely N-dealkylation sites (tertiary alicyclic amines) is 1. The lowest BCUT2D eigenvalue weighted by atomic mass is 9.75. The lowest BCUT2D eigenvalue weighted by Gasteiger charge is -2.35. The smallest absolute Gasteiger partial charge is 0.236 e. The van der Waals surface area contributed by atoms with Gasteiger partial charge in [-0.3, -0.25) is 4.79 Å². The zero-order valence-corrected chi connectivity index (χ0v) is 9.23. The summed E-state index contributed by atoms with van der Waals surface area (Å²) in [5, 5.41) is 2.86. The number of nitrogens with zero attached hydrogens (tertiary/aromatic N) is 3. The van der Waals surface area contributed by atoms with Gasteiger partial charge in [-0.15, -0.1) is 0 Å². The molecule has 0 atom stereocenters. The quantitative estimate of drug-likeness (QED) is 0.684. The minimum absolute atomic E-state index is 0.0936. The minimum atomic E-state index is -0.372. The van der Waals surface area contributed by atoms with Crippen molar-refractivity contribution in [3.05, 3.63) is 18.1 Å². The van der Waals surface area contributed by atoms with Gasteiger partial charge in [0, 0.05) is 11.8 Å². The molecule has 0 bridgehead atoms. The molecule has 0 saturated carbocycles. The van der Waals surface area contributed by atoms with E-state index in [1.54, 1.807) is 6.20 Å². The average Bonchev–Trinajstić information content (AvgIpc) is 2.57. The molecule has 0 radical (unpaired) electrons. The molecule has 84 valence electrons. The van der Waals surface area contributed by atoms with Gasteiger partial charge in [0.15, 0.2) is 0 Å². The number of piperidine rings is 1.